The standard InChI is InChI=1S/C9H18N2O2/c1-2-9(10,8(12)13)7-3-5-11-6-4-7/h7,11H,2-6,10H2,1H3,(H,12,13). The van der Waals surface area contributed by atoms with Crippen LogP contribution in [0.5, 0.6) is 0 Å². The van der Waals surface area contributed by atoms with Gasteiger partial charge in [0.25, 0.3) is 0 Å². The average molecular weight is 186 g/mol. The number of carboxylic acid groups (broad SMARTS) is 1. The normalized spacial score (nSPS) is 23.8. The maximum atomic E-state index is 11.0. The molecule has 0 radical (unpaired) electrons. The Morgan fingerprint density at radius 1 is 1.62 bits per heavy atom. The monoisotopic (exact) mass is 186 g/mol. The molecule has 1 aliphatic rings. The number of rotatable bonds is 3. The fourth-order valence-corrected chi connectivity index (χ4v) is 1.95. The lowest BCUT2D eigenvalue weighted by Gasteiger charge is -2.35. The van der Waals surface area contributed by atoms with Gasteiger partial charge < -0.3 is 16.2 Å². The first kappa shape index (κ1) is 10.5. The lowest BCUT2D eigenvalue weighted by molar-refractivity contribution is -0.146. The fraction of sp³-hybridized carbons (Fsp3) is 0.889. The highest BCUT2D eigenvalue weighted by molar-refractivity contribution is 5.78. The van der Waals surface area contributed by atoms with Crippen LogP contribution in [-0.4, -0.2) is 29.7 Å². The van der Waals surface area contributed by atoms with Gasteiger partial charge in [-0.25, -0.2) is 0 Å². The summed E-state index contributed by atoms with van der Waals surface area (Å²) in [6, 6.07) is 0. The van der Waals surface area contributed by atoms with Gasteiger partial charge >= 0.3 is 5.97 Å². The van der Waals surface area contributed by atoms with Gasteiger partial charge in [0.05, 0.1) is 0 Å². The first-order valence-corrected chi connectivity index (χ1v) is 4.84. The van der Waals surface area contributed by atoms with Gasteiger partial charge in [0.15, 0.2) is 0 Å². The fourth-order valence-electron chi connectivity index (χ4n) is 1.95. The van der Waals surface area contributed by atoms with Crippen molar-refractivity contribution in [2.24, 2.45) is 11.7 Å². The lowest BCUT2D eigenvalue weighted by Crippen LogP contribution is -2.56. The molecule has 0 aromatic heterocycles. The third-order valence-electron chi connectivity index (χ3n) is 3.05. The third-order valence-corrected chi connectivity index (χ3v) is 3.05. The van der Waals surface area contributed by atoms with Crippen LogP contribution in [0.1, 0.15) is 26.2 Å². The molecular weight excluding hydrogens is 168 g/mol. The van der Waals surface area contributed by atoms with Gasteiger partial charge in [-0.2, -0.15) is 0 Å². The molecule has 0 bridgehead atoms. The summed E-state index contributed by atoms with van der Waals surface area (Å²) in [4.78, 5) is 11.0. The minimum Gasteiger partial charge on any atom is -0.480 e. The Morgan fingerprint density at radius 3 is 2.54 bits per heavy atom. The number of nitrogens with two attached hydrogens (primary N) is 1. The molecular formula is C9H18N2O2. The molecule has 13 heavy (non-hydrogen) atoms. The Balaban J connectivity index is 2.68. The molecule has 1 aliphatic heterocycles. The molecule has 1 saturated heterocycles. The summed E-state index contributed by atoms with van der Waals surface area (Å²) in [7, 11) is 0. The van der Waals surface area contributed by atoms with E-state index in [0.29, 0.717) is 6.42 Å². The van der Waals surface area contributed by atoms with Crippen molar-refractivity contribution in [1.29, 1.82) is 0 Å². The zero-order valence-corrected chi connectivity index (χ0v) is 8.05. The molecule has 0 saturated carbocycles. The predicted octanol–water partition coefficient (Wildman–Crippen LogP) is 0.178. The second-order valence-corrected chi connectivity index (χ2v) is 3.72. The summed E-state index contributed by atoms with van der Waals surface area (Å²) in [6.07, 6.45) is 2.25. The number of aliphatic carboxylic acids is 1. The number of nitrogens with one attached hydrogen (secondary N) is 1. The molecule has 0 aromatic carbocycles. The first-order chi connectivity index (χ1) is 6.11. The van der Waals surface area contributed by atoms with Crippen molar-refractivity contribution in [1.82, 2.24) is 5.32 Å². The maximum Gasteiger partial charge on any atom is 0.323 e. The van der Waals surface area contributed by atoms with Crippen molar-refractivity contribution < 1.29 is 9.90 Å². The molecule has 1 fully saturated rings. The maximum absolute atomic E-state index is 11.0. The number of hydrogen-bond acceptors (Lipinski definition) is 3. The second-order valence-electron chi connectivity index (χ2n) is 3.72. The Kier molecular flexibility index (Phi) is 3.27. The number of carboxylic acids is 1. The van der Waals surface area contributed by atoms with Crippen molar-refractivity contribution in [3.63, 3.8) is 0 Å². The lowest BCUT2D eigenvalue weighted by atomic mass is 9.77. The molecule has 1 unspecified atom stereocenters. The van der Waals surface area contributed by atoms with E-state index >= 15 is 0 Å². The smallest absolute Gasteiger partial charge is 0.323 e. The minimum absolute atomic E-state index is 0.122. The summed E-state index contributed by atoms with van der Waals surface area (Å²) in [5, 5.41) is 12.2. The quantitative estimate of drug-likeness (QED) is 0.587. The molecule has 4 nitrogen and oxygen atoms in total. The Bertz CT molecular complexity index is 190. The molecule has 1 rings (SSSR count). The van der Waals surface area contributed by atoms with E-state index in [1.807, 2.05) is 6.92 Å². The van der Waals surface area contributed by atoms with E-state index in [0.717, 1.165) is 25.9 Å². The molecule has 0 amide bonds. The molecule has 76 valence electrons. The summed E-state index contributed by atoms with van der Waals surface area (Å²) in [6.45, 7) is 3.62. The van der Waals surface area contributed by atoms with Crippen LogP contribution in [0, 0.1) is 5.92 Å². The summed E-state index contributed by atoms with van der Waals surface area (Å²) in [5.41, 5.74) is 4.88. The van der Waals surface area contributed by atoms with Crippen LogP contribution in [0.2, 0.25) is 0 Å². The molecule has 0 aromatic rings. The largest absolute Gasteiger partial charge is 0.480 e. The van der Waals surface area contributed by atoms with E-state index in [9.17, 15) is 4.79 Å². The van der Waals surface area contributed by atoms with Gasteiger partial charge in [0.1, 0.15) is 5.54 Å². The minimum atomic E-state index is -1.01. The van der Waals surface area contributed by atoms with Crippen LogP contribution in [0.15, 0.2) is 0 Å². The first-order valence-electron chi connectivity index (χ1n) is 4.84. The average Bonchev–Trinajstić information content (AvgIpc) is 2.17. The predicted molar refractivity (Wildman–Crippen MR) is 50.4 cm³/mol. The van der Waals surface area contributed by atoms with Crippen LogP contribution in [0.25, 0.3) is 0 Å². The van der Waals surface area contributed by atoms with Crippen LogP contribution in [0.3, 0.4) is 0 Å². The van der Waals surface area contributed by atoms with Crippen LogP contribution >= 0.6 is 0 Å². The van der Waals surface area contributed by atoms with E-state index in [4.69, 9.17) is 10.8 Å². The van der Waals surface area contributed by atoms with Crippen LogP contribution in [-0.2, 0) is 4.79 Å². The molecule has 4 heteroatoms. The van der Waals surface area contributed by atoms with Gasteiger partial charge in [-0.1, -0.05) is 6.92 Å². The van der Waals surface area contributed by atoms with E-state index in [-0.39, 0.29) is 5.92 Å². The number of carbonyl (C=O) groups is 1. The van der Waals surface area contributed by atoms with Gasteiger partial charge in [0, 0.05) is 0 Å². The number of piperidine rings is 1. The molecule has 1 atom stereocenters. The Hall–Kier alpha value is -0.610. The van der Waals surface area contributed by atoms with Gasteiger partial charge in [0.2, 0.25) is 0 Å². The zero-order valence-electron chi connectivity index (χ0n) is 8.05. The van der Waals surface area contributed by atoms with Crippen molar-refractivity contribution in [2.45, 2.75) is 31.7 Å². The Morgan fingerprint density at radius 2 is 2.15 bits per heavy atom. The van der Waals surface area contributed by atoms with Crippen molar-refractivity contribution in [3.8, 4) is 0 Å². The van der Waals surface area contributed by atoms with Crippen molar-refractivity contribution >= 4 is 5.97 Å². The van der Waals surface area contributed by atoms with Gasteiger partial charge in [-0.3, -0.25) is 4.79 Å². The van der Waals surface area contributed by atoms with Crippen molar-refractivity contribution in [2.75, 3.05) is 13.1 Å². The zero-order chi connectivity index (χ0) is 9.90. The van der Waals surface area contributed by atoms with Crippen LogP contribution < -0.4 is 11.1 Å². The highest BCUT2D eigenvalue weighted by Gasteiger charge is 2.40. The van der Waals surface area contributed by atoms with E-state index < -0.39 is 11.5 Å². The summed E-state index contributed by atoms with van der Waals surface area (Å²) >= 11 is 0. The SMILES string of the molecule is CCC(N)(C(=O)O)C1CCNCC1. The van der Waals surface area contributed by atoms with Crippen molar-refractivity contribution in [3.05, 3.63) is 0 Å². The Labute approximate surface area is 78.5 Å². The highest BCUT2D eigenvalue weighted by Crippen LogP contribution is 2.26. The van der Waals surface area contributed by atoms with Crippen LogP contribution in [0.4, 0.5) is 0 Å². The molecule has 4 N–H and O–H groups in total. The second kappa shape index (κ2) is 4.07. The summed E-state index contributed by atoms with van der Waals surface area (Å²) in [5.74, 6) is -0.738. The van der Waals surface area contributed by atoms with E-state index in [1.54, 1.807) is 0 Å². The molecule has 0 spiro atoms. The summed E-state index contributed by atoms with van der Waals surface area (Å²) < 4.78 is 0. The van der Waals surface area contributed by atoms with E-state index in [2.05, 4.69) is 5.32 Å². The molecule has 0 aliphatic carbocycles. The molecule has 1 heterocycles. The van der Waals surface area contributed by atoms with Gasteiger partial charge in [-0.15, -0.1) is 0 Å². The van der Waals surface area contributed by atoms with E-state index in [1.165, 1.54) is 0 Å². The number of hydrogen-bond donors (Lipinski definition) is 3. The topological polar surface area (TPSA) is 75.4 Å². The van der Waals surface area contributed by atoms with Gasteiger partial charge in [-0.05, 0) is 38.3 Å². The highest BCUT2D eigenvalue weighted by atomic mass is 16.4. The third kappa shape index (κ3) is 2.00.